The largest absolute Gasteiger partial charge is 0.354 e. The van der Waals surface area contributed by atoms with Crippen LogP contribution in [0.25, 0.3) is 11.0 Å². The van der Waals surface area contributed by atoms with E-state index in [4.69, 9.17) is 0 Å². The first-order valence-corrected chi connectivity index (χ1v) is 12.4. The molecule has 4 rings (SSSR count). The number of amides is 2. The molecule has 0 saturated carbocycles. The first-order chi connectivity index (χ1) is 17.5. The number of hydrogen-bond donors (Lipinski definition) is 1. The Bertz CT molecular complexity index is 1320. The Morgan fingerprint density at radius 2 is 1.81 bits per heavy atom. The molecule has 0 spiro atoms. The molecule has 0 aliphatic heterocycles. The molecule has 1 N–H and O–H groups in total. The topological polar surface area (TPSA) is 93.0 Å². The fourth-order valence-corrected chi connectivity index (χ4v) is 4.24. The minimum Gasteiger partial charge on any atom is -0.354 e. The molecule has 0 bridgehead atoms. The number of carbonyl (C=O) groups excluding carboxylic acids is 2. The highest BCUT2D eigenvalue weighted by atomic mass is 16.2. The Balaban J connectivity index is 1.78. The number of hydrogen-bond acceptors (Lipinski definition) is 5. The number of aromatic nitrogens is 4. The summed E-state index contributed by atoms with van der Waals surface area (Å²) in [4.78, 5) is 33.6. The van der Waals surface area contributed by atoms with Gasteiger partial charge in [0, 0.05) is 30.2 Å². The summed E-state index contributed by atoms with van der Waals surface area (Å²) < 4.78 is 1.58. The van der Waals surface area contributed by atoms with Crippen LogP contribution in [0.1, 0.15) is 44.4 Å². The highest BCUT2D eigenvalue weighted by molar-refractivity contribution is 6.02. The summed E-state index contributed by atoms with van der Waals surface area (Å²) in [6, 6.07) is 17.9. The molecule has 0 aliphatic carbocycles. The third-order valence-corrected chi connectivity index (χ3v) is 6.13. The molecule has 0 aliphatic rings. The molecular formula is C28H32N6O2. The van der Waals surface area contributed by atoms with Gasteiger partial charge in [-0.2, -0.15) is 0 Å². The van der Waals surface area contributed by atoms with Gasteiger partial charge in [-0.05, 0) is 48.6 Å². The van der Waals surface area contributed by atoms with Crippen LogP contribution in [-0.2, 0) is 22.6 Å². The highest BCUT2D eigenvalue weighted by Gasteiger charge is 2.34. The van der Waals surface area contributed by atoms with Gasteiger partial charge in [-0.1, -0.05) is 62.4 Å². The number of fused-ring (bicyclic) bond motifs is 1. The van der Waals surface area contributed by atoms with E-state index >= 15 is 0 Å². The van der Waals surface area contributed by atoms with Crippen LogP contribution >= 0.6 is 0 Å². The molecule has 2 heterocycles. The van der Waals surface area contributed by atoms with Gasteiger partial charge in [0.1, 0.15) is 18.1 Å². The predicted molar refractivity (Wildman–Crippen MR) is 140 cm³/mol. The van der Waals surface area contributed by atoms with E-state index in [1.54, 1.807) is 28.0 Å². The number of nitrogens with zero attached hydrogens (tertiary/aromatic N) is 5. The standard InChI is InChI=1S/C28H32N6O2/c1-4-21-10-5-7-13-24(21)34(26(35)19-33-25-14-8-6-12-23(25)31-32-33)27(22-11-9-16-29-18-22)28(36)30-17-15-20(2)3/h5-14,16,18,20,27H,4,15,17,19H2,1-3H3,(H,30,36)/t27-/m0/s1. The summed E-state index contributed by atoms with van der Waals surface area (Å²) in [7, 11) is 0. The zero-order valence-electron chi connectivity index (χ0n) is 21.0. The summed E-state index contributed by atoms with van der Waals surface area (Å²) in [5.74, 6) is -0.0629. The van der Waals surface area contributed by atoms with Gasteiger partial charge in [0.25, 0.3) is 0 Å². The Kier molecular flexibility index (Phi) is 8.05. The molecule has 8 heteroatoms. The summed E-state index contributed by atoms with van der Waals surface area (Å²) in [5, 5.41) is 11.4. The Labute approximate surface area is 211 Å². The normalized spacial score (nSPS) is 12.0. The van der Waals surface area contributed by atoms with Crippen LogP contribution in [0.4, 0.5) is 5.69 Å². The SMILES string of the molecule is CCc1ccccc1N(C(=O)Cn1nnc2ccccc21)[C@H](C(=O)NCCC(C)C)c1cccnc1. The summed E-state index contributed by atoms with van der Waals surface area (Å²) in [6.07, 6.45) is 4.86. The smallest absolute Gasteiger partial charge is 0.249 e. The van der Waals surface area contributed by atoms with Gasteiger partial charge in [0.05, 0.1) is 5.52 Å². The zero-order chi connectivity index (χ0) is 25.5. The average Bonchev–Trinajstić information content (AvgIpc) is 3.30. The van der Waals surface area contributed by atoms with Gasteiger partial charge in [0.15, 0.2) is 0 Å². The van der Waals surface area contributed by atoms with E-state index in [0.717, 1.165) is 17.5 Å². The van der Waals surface area contributed by atoms with Gasteiger partial charge < -0.3 is 5.32 Å². The molecule has 36 heavy (non-hydrogen) atoms. The van der Waals surface area contributed by atoms with Crippen LogP contribution in [0.3, 0.4) is 0 Å². The van der Waals surface area contributed by atoms with Gasteiger partial charge in [0.2, 0.25) is 11.8 Å². The molecule has 2 aromatic carbocycles. The van der Waals surface area contributed by atoms with Crippen molar-refractivity contribution in [1.29, 1.82) is 0 Å². The molecule has 4 aromatic rings. The van der Waals surface area contributed by atoms with Gasteiger partial charge >= 0.3 is 0 Å². The summed E-state index contributed by atoms with van der Waals surface area (Å²) in [6.45, 7) is 6.72. The second-order valence-electron chi connectivity index (χ2n) is 9.14. The summed E-state index contributed by atoms with van der Waals surface area (Å²) in [5.41, 5.74) is 3.78. The zero-order valence-corrected chi connectivity index (χ0v) is 21.0. The molecule has 0 unspecified atom stereocenters. The van der Waals surface area contributed by atoms with Crippen LogP contribution in [-0.4, -0.2) is 38.3 Å². The van der Waals surface area contributed by atoms with Crippen LogP contribution < -0.4 is 10.2 Å². The molecule has 0 saturated heterocycles. The second kappa shape index (κ2) is 11.6. The van der Waals surface area contributed by atoms with Gasteiger partial charge in [-0.15, -0.1) is 5.10 Å². The monoisotopic (exact) mass is 484 g/mol. The molecule has 0 radical (unpaired) electrons. The lowest BCUT2D eigenvalue weighted by Gasteiger charge is -2.32. The predicted octanol–water partition coefficient (Wildman–Crippen LogP) is 4.33. The average molecular weight is 485 g/mol. The number of benzene rings is 2. The van der Waals surface area contributed by atoms with Crippen molar-refractivity contribution in [2.75, 3.05) is 11.4 Å². The van der Waals surface area contributed by atoms with Crippen molar-refractivity contribution in [3.8, 4) is 0 Å². The maximum atomic E-state index is 14.1. The molecule has 2 aromatic heterocycles. The van der Waals surface area contributed by atoms with E-state index in [2.05, 4.69) is 34.5 Å². The molecule has 1 atom stereocenters. The molecule has 2 amide bonds. The fourth-order valence-electron chi connectivity index (χ4n) is 4.24. The number of aryl methyl sites for hydroxylation is 1. The van der Waals surface area contributed by atoms with Crippen molar-refractivity contribution in [1.82, 2.24) is 25.3 Å². The number of rotatable bonds is 10. The third kappa shape index (κ3) is 5.59. The van der Waals surface area contributed by atoms with E-state index in [1.165, 1.54) is 0 Å². The lowest BCUT2D eigenvalue weighted by molar-refractivity contribution is -0.127. The van der Waals surface area contributed by atoms with Crippen LogP contribution in [0.5, 0.6) is 0 Å². The summed E-state index contributed by atoms with van der Waals surface area (Å²) >= 11 is 0. The molecular weight excluding hydrogens is 452 g/mol. The van der Waals surface area contributed by atoms with E-state index in [0.29, 0.717) is 35.7 Å². The van der Waals surface area contributed by atoms with E-state index in [1.807, 2.05) is 61.5 Å². The fraction of sp³-hybridized carbons (Fsp3) is 0.321. The minimum absolute atomic E-state index is 0.0609. The third-order valence-electron chi connectivity index (χ3n) is 6.13. The minimum atomic E-state index is -0.888. The Hall–Kier alpha value is -4.07. The highest BCUT2D eigenvalue weighted by Crippen LogP contribution is 2.31. The quantitative estimate of drug-likeness (QED) is 0.362. The maximum absolute atomic E-state index is 14.1. The Morgan fingerprint density at radius 3 is 2.56 bits per heavy atom. The molecule has 0 fully saturated rings. The first-order valence-electron chi connectivity index (χ1n) is 12.4. The van der Waals surface area contributed by atoms with Gasteiger partial charge in [-0.25, -0.2) is 4.68 Å². The second-order valence-corrected chi connectivity index (χ2v) is 9.14. The van der Waals surface area contributed by atoms with Crippen LogP contribution in [0.2, 0.25) is 0 Å². The van der Waals surface area contributed by atoms with Gasteiger partial charge in [-0.3, -0.25) is 19.5 Å². The van der Waals surface area contributed by atoms with E-state index in [-0.39, 0.29) is 18.4 Å². The van der Waals surface area contributed by atoms with Crippen molar-refractivity contribution >= 4 is 28.5 Å². The number of nitrogens with one attached hydrogen (secondary N) is 1. The van der Waals surface area contributed by atoms with Crippen molar-refractivity contribution < 1.29 is 9.59 Å². The van der Waals surface area contributed by atoms with E-state index < -0.39 is 6.04 Å². The van der Waals surface area contributed by atoms with Crippen molar-refractivity contribution in [3.63, 3.8) is 0 Å². The lowest BCUT2D eigenvalue weighted by atomic mass is 10.0. The molecule has 8 nitrogen and oxygen atoms in total. The van der Waals surface area contributed by atoms with Crippen molar-refractivity contribution in [2.45, 2.75) is 46.2 Å². The Morgan fingerprint density at radius 1 is 1.03 bits per heavy atom. The van der Waals surface area contributed by atoms with Crippen LogP contribution in [0.15, 0.2) is 73.1 Å². The number of carbonyl (C=O) groups is 2. The maximum Gasteiger partial charge on any atom is 0.249 e. The van der Waals surface area contributed by atoms with E-state index in [9.17, 15) is 9.59 Å². The van der Waals surface area contributed by atoms with Crippen molar-refractivity contribution in [2.24, 2.45) is 5.92 Å². The molecule has 186 valence electrons. The first kappa shape index (κ1) is 25.0. The number of anilines is 1. The lowest BCUT2D eigenvalue weighted by Crippen LogP contribution is -2.46. The number of pyridine rings is 1. The van der Waals surface area contributed by atoms with Crippen molar-refractivity contribution in [3.05, 3.63) is 84.2 Å². The van der Waals surface area contributed by atoms with Crippen LogP contribution in [0, 0.1) is 5.92 Å². The number of para-hydroxylation sites is 2.